The summed E-state index contributed by atoms with van der Waals surface area (Å²) >= 11 is 0. The number of hydrogen-bond donors (Lipinski definition) is 0. The molecule has 0 aliphatic heterocycles. The van der Waals surface area contributed by atoms with E-state index in [9.17, 15) is 4.79 Å². The second-order valence-corrected chi connectivity index (χ2v) is 4.25. The Morgan fingerprint density at radius 1 is 1.41 bits per heavy atom. The second-order valence-electron chi connectivity index (χ2n) is 4.25. The zero-order valence-electron chi connectivity index (χ0n) is 9.21. The Morgan fingerprint density at radius 3 is 2.94 bits per heavy atom. The summed E-state index contributed by atoms with van der Waals surface area (Å²) in [5.74, 6) is 0. The number of carbonyl (C=O) groups excluding carboxylic acids is 1. The third-order valence-electron chi connectivity index (χ3n) is 3.17. The number of hydrogen-bond acceptors (Lipinski definition) is 3. The predicted molar refractivity (Wildman–Crippen MR) is 62.6 cm³/mol. The highest BCUT2D eigenvalue weighted by molar-refractivity contribution is 5.45. The lowest BCUT2D eigenvalue weighted by Gasteiger charge is -2.10. The summed E-state index contributed by atoms with van der Waals surface area (Å²) in [6, 6.07) is 8.04. The van der Waals surface area contributed by atoms with E-state index in [4.69, 9.17) is 0 Å². The van der Waals surface area contributed by atoms with E-state index < -0.39 is 0 Å². The fourth-order valence-electron chi connectivity index (χ4n) is 2.04. The summed E-state index contributed by atoms with van der Waals surface area (Å²) in [5, 5.41) is 0. The van der Waals surface area contributed by atoms with Crippen molar-refractivity contribution in [2.45, 2.75) is 18.4 Å². The zero-order chi connectivity index (χ0) is 11.7. The highest BCUT2D eigenvalue weighted by Gasteiger charge is 2.44. The van der Waals surface area contributed by atoms with Gasteiger partial charge in [-0.3, -0.25) is 0 Å². The third kappa shape index (κ3) is 1.69. The molecule has 4 nitrogen and oxygen atoms in total. The van der Waals surface area contributed by atoms with Gasteiger partial charge in [0.1, 0.15) is 0 Å². The molecule has 0 radical (unpaired) electrons. The van der Waals surface area contributed by atoms with Gasteiger partial charge in [-0.05, 0) is 30.5 Å². The van der Waals surface area contributed by atoms with E-state index in [-0.39, 0.29) is 5.54 Å². The Labute approximate surface area is 98.6 Å². The Bertz CT molecular complexity index is 578. The van der Waals surface area contributed by atoms with Crippen molar-refractivity contribution in [2.24, 2.45) is 4.99 Å². The van der Waals surface area contributed by atoms with E-state index in [0.717, 1.165) is 24.1 Å². The van der Waals surface area contributed by atoms with Gasteiger partial charge in [-0.2, -0.15) is 4.99 Å². The molecule has 0 bridgehead atoms. The molecule has 0 N–H and O–H groups in total. The minimum absolute atomic E-state index is 0.307. The van der Waals surface area contributed by atoms with Crippen molar-refractivity contribution in [3.05, 3.63) is 48.5 Å². The van der Waals surface area contributed by atoms with Crippen LogP contribution in [0.5, 0.6) is 0 Å². The van der Waals surface area contributed by atoms with Crippen LogP contribution in [0.4, 0.5) is 0 Å². The molecule has 1 aromatic heterocycles. The summed E-state index contributed by atoms with van der Waals surface area (Å²) in [6.07, 6.45) is 8.91. The quantitative estimate of drug-likeness (QED) is 0.593. The van der Waals surface area contributed by atoms with Gasteiger partial charge in [0.05, 0.1) is 11.9 Å². The van der Waals surface area contributed by atoms with Crippen LogP contribution >= 0.6 is 0 Å². The molecule has 4 heteroatoms. The van der Waals surface area contributed by atoms with Crippen molar-refractivity contribution in [1.29, 1.82) is 0 Å². The molecule has 0 saturated heterocycles. The maximum absolute atomic E-state index is 10.4. The van der Waals surface area contributed by atoms with Crippen LogP contribution in [-0.2, 0) is 10.3 Å². The summed E-state index contributed by atoms with van der Waals surface area (Å²) in [7, 11) is 0. The molecule has 1 saturated carbocycles. The van der Waals surface area contributed by atoms with Gasteiger partial charge in [0.2, 0.25) is 6.08 Å². The molecule has 1 heterocycles. The Balaban J connectivity index is 2.03. The Morgan fingerprint density at radius 2 is 2.29 bits per heavy atom. The third-order valence-corrected chi connectivity index (χ3v) is 3.17. The highest BCUT2D eigenvalue weighted by Crippen LogP contribution is 2.49. The molecule has 3 rings (SSSR count). The van der Waals surface area contributed by atoms with Crippen LogP contribution < -0.4 is 0 Å². The highest BCUT2D eigenvalue weighted by atomic mass is 16.1. The monoisotopic (exact) mass is 225 g/mol. The zero-order valence-corrected chi connectivity index (χ0v) is 9.21. The van der Waals surface area contributed by atoms with Crippen molar-refractivity contribution >= 4 is 6.08 Å². The van der Waals surface area contributed by atoms with E-state index in [1.54, 1.807) is 18.6 Å². The molecule has 1 aliphatic rings. The number of rotatable bonds is 3. The number of nitrogens with zero attached hydrogens (tertiary/aromatic N) is 3. The maximum atomic E-state index is 10.4. The fraction of sp³-hybridized carbons (Fsp3) is 0.231. The number of isocyanates is 1. The summed E-state index contributed by atoms with van der Waals surface area (Å²) < 4.78 is 1.93. The fourth-order valence-corrected chi connectivity index (χ4v) is 2.04. The smallest absolute Gasteiger partial charge is 0.235 e. The topological polar surface area (TPSA) is 47.2 Å². The standard InChI is InChI=1S/C13H11N3O/c17-10-15-13(4-5-13)11-2-1-3-12(8-11)16-7-6-14-9-16/h1-3,6-9H,4-5H2. The van der Waals surface area contributed by atoms with Crippen molar-refractivity contribution in [3.8, 4) is 5.69 Å². The number of aromatic nitrogens is 2. The van der Waals surface area contributed by atoms with E-state index in [2.05, 4.69) is 16.0 Å². The summed E-state index contributed by atoms with van der Waals surface area (Å²) in [5.41, 5.74) is 1.80. The van der Waals surface area contributed by atoms with Gasteiger partial charge in [-0.25, -0.2) is 9.78 Å². The van der Waals surface area contributed by atoms with Crippen LogP contribution in [0, 0.1) is 0 Å². The first kappa shape index (κ1) is 10.00. The molecule has 1 aromatic carbocycles. The van der Waals surface area contributed by atoms with Crippen molar-refractivity contribution in [2.75, 3.05) is 0 Å². The van der Waals surface area contributed by atoms with Crippen molar-refractivity contribution < 1.29 is 4.79 Å². The lowest BCUT2D eigenvalue weighted by molar-refractivity contribution is 0.556. The van der Waals surface area contributed by atoms with Crippen LogP contribution in [-0.4, -0.2) is 15.6 Å². The van der Waals surface area contributed by atoms with Crippen molar-refractivity contribution in [3.63, 3.8) is 0 Å². The molecular formula is C13H11N3O. The van der Waals surface area contributed by atoms with E-state index in [0.29, 0.717) is 0 Å². The first-order valence-corrected chi connectivity index (χ1v) is 5.52. The lowest BCUT2D eigenvalue weighted by atomic mass is 10.0. The average molecular weight is 225 g/mol. The van der Waals surface area contributed by atoms with Crippen LogP contribution in [0.1, 0.15) is 18.4 Å². The molecule has 84 valence electrons. The van der Waals surface area contributed by atoms with E-state index in [1.807, 2.05) is 29.0 Å². The van der Waals surface area contributed by atoms with Crippen LogP contribution in [0.25, 0.3) is 5.69 Å². The predicted octanol–water partition coefficient (Wildman–Crippen LogP) is 2.20. The molecule has 0 spiro atoms. The summed E-state index contributed by atoms with van der Waals surface area (Å²) in [4.78, 5) is 18.4. The van der Waals surface area contributed by atoms with E-state index >= 15 is 0 Å². The SMILES string of the molecule is O=C=NC1(c2cccc(-n3ccnc3)c2)CC1. The Kier molecular flexibility index (Phi) is 2.16. The molecule has 1 fully saturated rings. The number of imidazole rings is 1. The van der Waals surface area contributed by atoms with Crippen molar-refractivity contribution in [1.82, 2.24) is 9.55 Å². The van der Waals surface area contributed by atoms with Crippen LogP contribution in [0.3, 0.4) is 0 Å². The average Bonchev–Trinajstić information content (AvgIpc) is 2.94. The van der Waals surface area contributed by atoms with Gasteiger partial charge in [-0.1, -0.05) is 12.1 Å². The number of benzene rings is 1. The largest absolute Gasteiger partial charge is 0.306 e. The minimum atomic E-state index is -0.307. The minimum Gasteiger partial charge on any atom is -0.306 e. The lowest BCUT2D eigenvalue weighted by Crippen LogP contribution is -2.03. The van der Waals surface area contributed by atoms with E-state index in [1.165, 1.54) is 0 Å². The van der Waals surface area contributed by atoms with Crippen LogP contribution in [0.2, 0.25) is 0 Å². The van der Waals surface area contributed by atoms with Gasteiger partial charge in [0.25, 0.3) is 0 Å². The molecule has 0 unspecified atom stereocenters. The first-order chi connectivity index (χ1) is 8.34. The molecule has 2 aromatic rings. The first-order valence-electron chi connectivity index (χ1n) is 5.52. The molecule has 1 aliphatic carbocycles. The molecule has 0 amide bonds. The summed E-state index contributed by atoms with van der Waals surface area (Å²) in [6.45, 7) is 0. The van der Waals surface area contributed by atoms with Gasteiger partial charge in [0, 0.05) is 18.1 Å². The number of aliphatic imine (C=N–C) groups is 1. The van der Waals surface area contributed by atoms with Gasteiger partial charge < -0.3 is 4.57 Å². The molecule has 17 heavy (non-hydrogen) atoms. The van der Waals surface area contributed by atoms with Gasteiger partial charge in [0.15, 0.2) is 0 Å². The Hall–Kier alpha value is -2.19. The molecule has 0 atom stereocenters. The van der Waals surface area contributed by atoms with Crippen LogP contribution in [0.15, 0.2) is 48.0 Å². The second kappa shape index (κ2) is 3.68. The normalized spacial score (nSPS) is 16.2. The molecular weight excluding hydrogens is 214 g/mol. The van der Waals surface area contributed by atoms with Gasteiger partial charge >= 0.3 is 0 Å². The maximum Gasteiger partial charge on any atom is 0.235 e. The van der Waals surface area contributed by atoms with Gasteiger partial charge in [-0.15, -0.1) is 0 Å².